The van der Waals surface area contributed by atoms with E-state index >= 15 is 0 Å². The number of halogens is 1. The Hall–Kier alpha value is -1.86. The van der Waals surface area contributed by atoms with Crippen LogP contribution in [0.2, 0.25) is 0 Å². The largest absolute Gasteiger partial charge is 0.377 e. The Balaban J connectivity index is 0.00000208. The summed E-state index contributed by atoms with van der Waals surface area (Å²) in [4.78, 5) is 25.4. The molecule has 1 aliphatic heterocycles. The number of carbonyl (C=O) groups excluding carboxylic acids is 1. The zero-order valence-electron chi connectivity index (χ0n) is 13.8. The maximum Gasteiger partial charge on any atom is 0.293 e. The zero-order valence-corrected chi connectivity index (χ0v) is 14.6. The topological polar surface area (TPSA) is 87.5 Å². The molecule has 132 valence electrons. The van der Waals surface area contributed by atoms with Crippen LogP contribution < -0.4 is 10.6 Å². The van der Waals surface area contributed by atoms with Gasteiger partial charge in [0.15, 0.2) is 0 Å². The predicted octanol–water partition coefficient (Wildman–Crippen LogP) is 2.41. The van der Waals surface area contributed by atoms with Crippen LogP contribution in [0.15, 0.2) is 18.2 Å². The van der Waals surface area contributed by atoms with Gasteiger partial charge in [-0.1, -0.05) is 0 Å². The van der Waals surface area contributed by atoms with Gasteiger partial charge in [-0.05, 0) is 38.8 Å². The highest BCUT2D eigenvalue weighted by Gasteiger charge is 2.30. The van der Waals surface area contributed by atoms with Gasteiger partial charge in [-0.3, -0.25) is 14.9 Å². The number of anilines is 1. The van der Waals surface area contributed by atoms with E-state index < -0.39 is 4.92 Å². The average molecular weight is 355 g/mol. The van der Waals surface area contributed by atoms with Crippen molar-refractivity contribution in [1.82, 2.24) is 10.2 Å². The minimum absolute atomic E-state index is 0. The van der Waals surface area contributed by atoms with Gasteiger partial charge in [-0.15, -0.1) is 12.4 Å². The third-order valence-corrected chi connectivity index (χ3v) is 4.67. The Morgan fingerprint density at radius 2 is 2.08 bits per heavy atom. The number of hydrogen-bond donors (Lipinski definition) is 2. The van der Waals surface area contributed by atoms with Crippen molar-refractivity contribution in [2.75, 3.05) is 18.4 Å². The highest BCUT2D eigenvalue weighted by Crippen LogP contribution is 2.32. The molecule has 0 radical (unpaired) electrons. The van der Waals surface area contributed by atoms with Gasteiger partial charge in [0.25, 0.3) is 11.6 Å². The van der Waals surface area contributed by atoms with Crippen molar-refractivity contribution in [3.63, 3.8) is 0 Å². The summed E-state index contributed by atoms with van der Waals surface area (Å²) in [6, 6.07) is 5.31. The van der Waals surface area contributed by atoms with E-state index in [0.717, 1.165) is 19.4 Å². The van der Waals surface area contributed by atoms with Crippen LogP contribution in [0.1, 0.15) is 37.0 Å². The fraction of sp³-hybridized carbons (Fsp3) is 0.562. The summed E-state index contributed by atoms with van der Waals surface area (Å²) in [6.45, 7) is 5.38. The highest BCUT2D eigenvalue weighted by molar-refractivity contribution is 5.96. The molecule has 2 unspecified atom stereocenters. The first-order valence-electron chi connectivity index (χ1n) is 8.06. The van der Waals surface area contributed by atoms with Gasteiger partial charge in [-0.25, -0.2) is 0 Å². The second kappa shape index (κ2) is 7.36. The van der Waals surface area contributed by atoms with Crippen LogP contribution in [0.4, 0.5) is 11.4 Å². The number of amides is 1. The molecule has 2 N–H and O–H groups in total. The van der Waals surface area contributed by atoms with Crippen LogP contribution in [0, 0.1) is 10.1 Å². The molecule has 2 aliphatic rings. The lowest BCUT2D eigenvalue weighted by atomic mass is 10.0. The zero-order chi connectivity index (χ0) is 16.6. The minimum atomic E-state index is -0.425. The van der Waals surface area contributed by atoms with Crippen molar-refractivity contribution in [3.8, 4) is 0 Å². The molecule has 24 heavy (non-hydrogen) atoms. The van der Waals surface area contributed by atoms with Crippen molar-refractivity contribution in [1.29, 1.82) is 0 Å². The molecular formula is C16H23ClN4O3. The van der Waals surface area contributed by atoms with E-state index in [4.69, 9.17) is 0 Å². The smallest absolute Gasteiger partial charge is 0.293 e. The van der Waals surface area contributed by atoms with Crippen LogP contribution in [0.5, 0.6) is 0 Å². The number of hydrogen-bond acceptors (Lipinski definition) is 5. The standard InChI is InChI=1S/C16H22N4O3.ClH/c1-10-11(2)19(8-7-17-10)16(21)12-3-6-14(18-13-4-5-13)15(9-12)20(22)23;/h3,6,9-11,13,17-18H,4-5,7-8H2,1-2H3;1H. The number of benzene rings is 1. The summed E-state index contributed by atoms with van der Waals surface area (Å²) in [6.07, 6.45) is 2.07. The average Bonchev–Trinajstić information content (AvgIpc) is 3.33. The third-order valence-electron chi connectivity index (χ3n) is 4.67. The van der Waals surface area contributed by atoms with E-state index in [2.05, 4.69) is 10.6 Å². The second-order valence-corrected chi connectivity index (χ2v) is 6.39. The number of nitrogens with zero attached hydrogens (tertiary/aromatic N) is 2. The van der Waals surface area contributed by atoms with Crippen LogP contribution in [-0.4, -0.2) is 46.9 Å². The van der Waals surface area contributed by atoms with Crippen molar-refractivity contribution in [3.05, 3.63) is 33.9 Å². The quantitative estimate of drug-likeness (QED) is 0.640. The first-order valence-corrected chi connectivity index (χ1v) is 8.06. The number of nitro groups is 1. The third kappa shape index (κ3) is 3.79. The summed E-state index contributed by atoms with van der Waals surface area (Å²) in [5.41, 5.74) is 0.841. The lowest BCUT2D eigenvalue weighted by molar-refractivity contribution is -0.384. The van der Waals surface area contributed by atoms with Gasteiger partial charge in [0, 0.05) is 42.8 Å². The molecule has 1 aliphatic carbocycles. The first-order chi connectivity index (χ1) is 11.0. The lowest BCUT2D eigenvalue weighted by Gasteiger charge is -2.38. The summed E-state index contributed by atoms with van der Waals surface area (Å²) in [7, 11) is 0. The highest BCUT2D eigenvalue weighted by atomic mass is 35.5. The number of nitro benzene ring substituents is 1. The minimum Gasteiger partial charge on any atom is -0.377 e. The van der Waals surface area contributed by atoms with E-state index in [-0.39, 0.29) is 36.1 Å². The van der Waals surface area contributed by atoms with E-state index in [1.807, 2.05) is 13.8 Å². The van der Waals surface area contributed by atoms with Gasteiger partial charge in [0.2, 0.25) is 0 Å². The molecule has 1 heterocycles. The van der Waals surface area contributed by atoms with E-state index in [0.29, 0.717) is 23.8 Å². The fourth-order valence-electron chi connectivity index (χ4n) is 2.89. The van der Waals surface area contributed by atoms with Crippen molar-refractivity contribution in [2.45, 2.75) is 44.8 Å². The van der Waals surface area contributed by atoms with Crippen LogP contribution in [0.3, 0.4) is 0 Å². The monoisotopic (exact) mass is 354 g/mol. The Morgan fingerprint density at radius 1 is 1.38 bits per heavy atom. The number of nitrogens with one attached hydrogen (secondary N) is 2. The van der Waals surface area contributed by atoms with E-state index in [9.17, 15) is 14.9 Å². The van der Waals surface area contributed by atoms with Gasteiger partial charge < -0.3 is 15.5 Å². The fourth-order valence-corrected chi connectivity index (χ4v) is 2.89. The molecule has 2 fully saturated rings. The first kappa shape index (κ1) is 18.5. The van der Waals surface area contributed by atoms with Crippen LogP contribution in [0.25, 0.3) is 0 Å². The van der Waals surface area contributed by atoms with Gasteiger partial charge >= 0.3 is 0 Å². The molecule has 0 bridgehead atoms. The number of carbonyl (C=O) groups is 1. The molecule has 1 aromatic carbocycles. The van der Waals surface area contributed by atoms with Gasteiger partial charge in [0.1, 0.15) is 5.69 Å². The molecule has 1 saturated carbocycles. The molecule has 1 saturated heterocycles. The second-order valence-electron chi connectivity index (χ2n) is 6.39. The van der Waals surface area contributed by atoms with Crippen LogP contribution >= 0.6 is 12.4 Å². The molecule has 0 aromatic heterocycles. The molecule has 1 amide bonds. The Kier molecular flexibility index (Phi) is 5.66. The van der Waals surface area contributed by atoms with Crippen LogP contribution in [-0.2, 0) is 0 Å². The predicted molar refractivity (Wildman–Crippen MR) is 95.0 cm³/mol. The summed E-state index contributed by atoms with van der Waals surface area (Å²) >= 11 is 0. The van der Waals surface area contributed by atoms with Gasteiger partial charge in [0.05, 0.1) is 4.92 Å². The Labute approximate surface area is 147 Å². The molecule has 8 heteroatoms. The summed E-state index contributed by atoms with van der Waals surface area (Å²) < 4.78 is 0. The SMILES string of the molecule is CC1NCCN(C(=O)c2ccc(NC3CC3)c([N+](=O)[O-])c2)C1C.Cl. The molecule has 1 aromatic rings. The van der Waals surface area contributed by atoms with Crippen molar-refractivity contribution in [2.24, 2.45) is 0 Å². The normalized spacial score (nSPS) is 23.3. The molecule has 7 nitrogen and oxygen atoms in total. The maximum atomic E-state index is 12.7. The Morgan fingerprint density at radius 3 is 2.71 bits per heavy atom. The summed E-state index contributed by atoms with van der Waals surface area (Å²) in [5, 5.41) is 17.8. The van der Waals surface area contributed by atoms with Crippen molar-refractivity contribution >= 4 is 29.7 Å². The number of rotatable bonds is 4. The van der Waals surface area contributed by atoms with Crippen molar-refractivity contribution < 1.29 is 9.72 Å². The molecular weight excluding hydrogens is 332 g/mol. The Bertz CT molecular complexity index is 636. The number of piperazine rings is 1. The van der Waals surface area contributed by atoms with E-state index in [1.54, 1.807) is 17.0 Å². The van der Waals surface area contributed by atoms with Gasteiger partial charge in [-0.2, -0.15) is 0 Å². The summed E-state index contributed by atoms with van der Waals surface area (Å²) in [5.74, 6) is -0.146. The lowest BCUT2D eigenvalue weighted by Crippen LogP contribution is -2.57. The molecule has 2 atom stereocenters. The maximum absolute atomic E-state index is 12.7. The molecule has 3 rings (SSSR count). The van der Waals surface area contributed by atoms with E-state index in [1.165, 1.54) is 6.07 Å². The molecule has 0 spiro atoms.